The number of aliphatic hydroxyl groups is 2. The Morgan fingerprint density at radius 2 is 1.64 bits per heavy atom. The Kier molecular flexibility index (Phi) is 9.13. The number of hydrogen-bond donors (Lipinski definition) is 3. The zero-order chi connectivity index (χ0) is 8.53. The summed E-state index contributed by atoms with van der Waals surface area (Å²) in [5.41, 5.74) is 4.97. The molecule has 68 valence electrons. The van der Waals surface area contributed by atoms with Gasteiger partial charge in [0.05, 0.1) is 19.3 Å². The highest BCUT2D eigenvalue weighted by molar-refractivity contribution is 8.77. The standard InChI is InChI=1S/C3H9NO2.C3H6S2/c4-3(1-5)2-6;1-2-4-5-3-1/h3,5-6H,1-2,4H2;1-3H2. The van der Waals surface area contributed by atoms with E-state index >= 15 is 0 Å². The predicted octanol–water partition coefficient (Wildman–Crippen LogP) is 0.0698. The molecule has 0 aliphatic carbocycles. The van der Waals surface area contributed by atoms with Crippen molar-refractivity contribution in [1.82, 2.24) is 0 Å². The molecular weight excluding hydrogens is 182 g/mol. The van der Waals surface area contributed by atoms with Crippen LogP contribution < -0.4 is 5.73 Å². The van der Waals surface area contributed by atoms with Crippen LogP contribution in [0.15, 0.2) is 0 Å². The van der Waals surface area contributed by atoms with Gasteiger partial charge in [0.2, 0.25) is 0 Å². The molecule has 4 N–H and O–H groups in total. The summed E-state index contributed by atoms with van der Waals surface area (Å²) in [5, 5.41) is 16.1. The fourth-order valence-electron chi connectivity index (χ4n) is 0.352. The maximum atomic E-state index is 8.05. The molecule has 0 aromatic rings. The molecule has 1 fully saturated rings. The molecular formula is C6H15NO2S2. The van der Waals surface area contributed by atoms with E-state index in [0.29, 0.717) is 0 Å². The van der Waals surface area contributed by atoms with Gasteiger partial charge in [0.25, 0.3) is 0 Å². The molecule has 1 aliphatic heterocycles. The van der Waals surface area contributed by atoms with Crippen LogP contribution in [-0.2, 0) is 0 Å². The highest BCUT2D eigenvalue weighted by Gasteiger charge is 1.96. The highest BCUT2D eigenvalue weighted by Crippen LogP contribution is 2.29. The van der Waals surface area contributed by atoms with Gasteiger partial charge in [-0.3, -0.25) is 0 Å². The second kappa shape index (κ2) is 8.67. The molecule has 0 unspecified atom stereocenters. The molecule has 5 heteroatoms. The van der Waals surface area contributed by atoms with Crippen LogP contribution in [-0.4, -0.2) is 41.0 Å². The minimum Gasteiger partial charge on any atom is -0.395 e. The van der Waals surface area contributed by atoms with Crippen LogP contribution in [0.1, 0.15) is 6.42 Å². The molecule has 1 heterocycles. The summed E-state index contributed by atoms with van der Waals surface area (Å²) in [6, 6.07) is -0.454. The lowest BCUT2D eigenvalue weighted by Gasteiger charge is -1.98. The Morgan fingerprint density at radius 1 is 1.18 bits per heavy atom. The molecule has 0 bridgehead atoms. The summed E-state index contributed by atoms with van der Waals surface area (Å²) in [4.78, 5) is 0. The summed E-state index contributed by atoms with van der Waals surface area (Å²) in [5.74, 6) is 2.76. The summed E-state index contributed by atoms with van der Waals surface area (Å²) in [6.45, 7) is -0.285. The second-order valence-electron chi connectivity index (χ2n) is 2.12. The van der Waals surface area contributed by atoms with Crippen molar-refractivity contribution in [1.29, 1.82) is 0 Å². The third kappa shape index (κ3) is 8.49. The van der Waals surface area contributed by atoms with Gasteiger partial charge < -0.3 is 15.9 Å². The Labute approximate surface area is 75.1 Å². The lowest BCUT2D eigenvalue weighted by atomic mass is 10.4. The Balaban J connectivity index is 0.000000183. The normalized spacial score (nSPS) is 16.4. The molecule has 3 nitrogen and oxygen atoms in total. The van der Waals surface area contributed by atoms with Crippen molar-refractivity contribution in [3.05, 3.63) is 0 Å². The number of hydrogen-bond acceptors (Lipinski definition) is 5. The van der Waals surface area contributed by atoms with Crippen LogP contribution in [0.4, 0.5) is 0 Å². The van der Waals surface area contributed by atoms with Crippen molar-refractivity contribution >= 4 is 21.6 Å². The van der Waals surface area contributed by atoms with E-state index in [1.807, 2.05) is 21.6 Å². The number of aliphatic hydroxyl groups excluding tert-OH is 2. The molecule has 0 aromatic carbocycles. The van der Waals surface area contributed by atoms with Crippen molar-refractivity contribution < 1.29 is 10.2 Å². The first-order valence-electron chi connectivity index (χ1n) is 3.53. The fourth-order valence-corrected chi connectivity index (χ4v) is 2.71. The van der Waals surface area contributed by atoms with E-state index in [1.165, 1.54) is 17.9 Å². The molecule has 0 aromatic heterocycles. The lowest BCUT2D eigenvalue weighted by Crippen LogP contribution is -2.27. The lowest BCUT2D eigenvalue weighted by molar-refractivity contribution is 0.194. The molecule has 1 rings (SSSR count). The van der Waals surface area contributed by atoms with Gasteiger partial charge in [-0.2, -0.15) is 0 Å². The van der Waals surface area contributed by atoms with Crippen LogP contribution in [0.2, 0.25) is 0 Å². The number of nitrogens with two attached hydrogens (primary N) is 1. The van der Waals surface area contributed by atoms with Gasteiger partial charge >= 0.3 is 0 Å². The van der Waals surface area contributed by atoms with Crippen molar-refractivity contribution in [2.24, 2.45) is 5.73 Å². The third-order valence-electron chi connectivity index (χ3n) is 1.01. The predicted molar refractivity (Wildman–Crippen MR) is 51.7 cm³/mol. The van der Waals surface area contributed by atoms with Crippen LogP contribution >= 0.6 is 21.6 Å². The minimum absolute atomic E-state index is 0.142. The van der Waals surface area contributed by atoms with Crippen LogP contribution in [0.5, 0.6) is 0 Å². The van der Waals surface area contributed by atoms with Gasteiger partial charge in [-0.05, 0) is 6.42 Å². The number of rotatable bonds is 2. The molecule has 11 heavy (non-hydrogen) atoms. The van der Waals surface area contributed by atoms with E-state index in [1.54, 1.807) is 0 Å². The zero-order valence-electron chi connectivity index (χ0n) is 6.40. The van der Waals surface area contributed by atoms with Crippen molar-refractivity contribution in [2.45, 2.75) is 12.5 Å². The average molecular weight is 197 g/mol. The van der Waals surface area contributed by atoms with Crippen molar-refractivity contribution in [3.8, 4) is 0 Å². The Bertz CT molecular complexity index is 69.4. The molecule has 1 saturated heterocycles. The van der Waals surface area contributed by atoms with E-state index < -0.39 is 6.04 Å². The maximum Gasteiger partial charge on any atom is 0.0605 e. The van der Waals surface area contributed by atoms with E-state index in [-0.39, 0.29) is 13.2 Å². The minimum atomic E-state index is -0.454. The molecule has 0 amide bonds. The molecule has 0 radical (unpaired) electrons. The van der Waals surface area contributed by atoms with E-state index in [0.717, 1.165) is 0 Å². The van der Waals surface area contributed by atoms with Crippen LogP contribution in [0, 0.1) is 0 Å². The molecule has 1 aliphatic rings. The monoisotopic (exact) mass is 197 g/mol. The van der Waals surface area contributed by atoms with Gasteiger partial charge in [-0.25, -0.2) is 0 Å². The molecule has 0 spiro atoms. The van der Waals surface area contributed by atoms with Gasteiger partial charge in [-0.1, -0.05) is 21.6 Å². The zero-order valence-corrected chi connectivity index (χ0v) is 8.03. The summed E-state index contributed by atoms with van der Waals surface area (Å²) >= 11 is 0. The first kappa shape index (κ1) is 11.6. The highest BCUT2D eigenvalue weighted by atomic mass is 33.1. The van der Waals surface area contributed by atoms with Crippen molar-refractivity contribution in [2.75, 3.05) is 24.7 Å². The third-order valence-corrected chi connectivity index (χ3v) is 3.59. The second-order valence-corrected chi connectivity index (χ2v) is 4.82. The SMILES string of the molecule is C1CSSC1.NC(CO)CO. The average Bonchev–Trinajstić information content (AvgIpc) is 2.60. The topological polar surface area (TPSA) is 66.5 Å². The van der Waals surface area contributed by atoms with E-state index in [2.05, 4.69) is 0 Å². The van der Waals surface area contributed by atoms with Gasteiger partial charge in [-0.15, -0.1) is 0 Å². The van der Waals surface area contributed by atoms with Crippen molar-refractivity contribution in [3.63, 3.8) is 0 Å². The Morgan fingerprint density at radius 3 is 1.73 bits per heavy atom. The van der Waals surface area contributed by atoms with E-state index in [9.17, 15) is 0 Å². The van der Waals surface area contributed by atoms with Crippen LogP contribution in [0.25, 0.3) is 0 Å². The van der Waals surface area contributed by atoms with Gasteiger partial charge in [0, 0.05) is 11.5 Å². The van der Waals surface area contributed by atoms with Gasteiger partial charge in [0.1, 0.15) is 0 Å². The van der Waals surface area contributed by atoms with Crippen LogP contribution in [0.3, 0.4) is 0 Å². The van der Waals surface area contributed by atoms with E-state index in [4.69, 9.17) is 15.9 Å². The Hall–Kier alpha value is 0.580. The maximum absolute atomic E-state index is 8.05. The fraction of sp³-hybridized carbons (Fsp3) is 1.00. The first-order valence-corrected chi connectivity index (χ1v) is 6.01. The van der Waals surface area contributed by atoms with Gasteiger partial charge in [0.15, 0.2) is 0 Å². The largest absolute Gasteiger partial charge is 0.395 e. The molecule has 0 atom stereocenters. The summed E-state index contributed by atoms with van der Waals surface area (Å²) in [7, 11) is 3.98. The summed E-state index contributed by atoms with van der Waals surface area (Å²) in [6.07, 6.45) is 1.43. The summed E-state index contributed by atoms with van der Waals surface area (Å²) < 4.78 is 0. The molecule has 0 saturated carbocycles. The first-order chi connectivity index (χ1) is 5.31. The quantitative estimate of drug-likeness (QED) is 0.547. The smallest absolute Gasteiger partial charge is 0.0605 e.